The Labute approximate surface area is 106 Å². The van der Waals surface area contributed by atoms with Crippen molar-refractivity contribution in [2.45, 2.75) is 13.5 Å². The molecule has 0 amide bonds. The van der Waals surface area contributed by atoms with Crippen LogP contribution in [-0.4, -0.2) is 24.2 Å². The average molecular weight is 247 g/mol. The first-order valence-electron chi connectivity index (χ1n) is 5.69. The fourth-order valence-electron chi connectivity index (χ4n) is 1.69. The van der Waals surface area contributed by atoms with Crippen molar-refractivity contribution in [3.63, 3.8) is 0 Å². The number of aryl methyl sites for hydroxylation is 1. The molecule has 0 saturated heterocycles. The van der Waals surface area contributed by atoms with E-state index in [1.165, 1.54) is 0 Å². The molecule has 0 spiro atoms. The van der Waals surface area contributed by atoms with E-state index in [9.17, 15) is 0 Å². The molecule has 0 aliphatic rings. The van der Waals surface area contributed by atoms with E-state index in [1.54, 1.807) is 20.5 Å². The molecule has 2 rings (SSSR count). The molecule has 0 saturated carbocycles. The van der Waals surface area contributed by atoms with Gasteiger partial charge in [-0.2, -0.15) is 0 Å². The fraction of sp³-hybridized carbons (Fsp3) is 0.308. The molecule has 0 fully saturated rings. The molecule has 0 aliphatic heterocycles. The number of aromatic nitrogens is 2. The van der Waals surface area contributed by atoms with Crippen LogP contribution in [0.3, 0.4) is 0 Å². The molecule has 5 nitrogen and oxygen atoms in total. The summed E-state index contributed by atoms with van der Waals surface area (Å²) in [5.41, 5.74) is 2.98. The van der Waals surface area contributed by atoms with Gasteiger partial charge < -0.3 is 19.8 Å². The molecule has 1 aromatic carbocycles. The quantitative estimate of drug-likeness (QED) is 0.851. The van der Waals surface area contributed by atoms with Crippen LogP contribution < -0.4 is 14.8 Å². The van der Waals surface area contributed by atoms with Crippen molar-refractivity contribution in [3.8, 4) is 11.5 Å². The predicted molar refractivity (Wildman–Crippen MR) is 70.2 cm³/mol. The number of imidazole rings is 1. The Bertz CT molecular complexity index is 523. The number of ether oxygens (including phenoxy) is 2. The molecule has 2 N–H and O–H groups in total. The van der Waals surface area contributed by atoms with Crippen molar-refractivity contribution in [1.29, 1.82) is 0 Å². The van der Waals surface area contributed by atoms with Crippen molar-refractivity contribution in [1.82, 2.24) is 9.97 Å². The largest absolute Gasteiger partial charge is 0.497 e. The van der Waals surface area contributed by atoms with Crippen LogP contribution in [0.2, 0.25) is 0 Å². The van der Waals surface area contributed by atoms with Gasteiger partial charge in [-0.1, -0.05) is 0 Å². The monoisotopic (exact) mass is 247 g/mol. The molecule has 1 aromatic heterocycles. The highest BCUT2D eigenvalue weighted by molar-refractivity contribution is 5.59. The van der Waals surface area contributed by atoms with Crippen molar-refractivity contribution >= 4 is 5.69 Å². The number of nitrogens with one attached hydrogen (secondary N) is 2. The van der Waals surface area contributed by atoms with Crippen LogP contribution in [0.15, 0.2) is 24.5 Å². The van der Waals surface area contributed by atoms with Crippen LogP contribution in [-0.2, 0) is 6.54 Å². The smallest absolute Gasteiger partial charge is 0.145 e. The number of rotatable bonds is 5. The Balaban J connectivity index is 2.11. The van der Waals surface area contributed by atoms with E-state index in [4.69, 9.17) is 9.47 Å². The number of hydrogen-bond acceptors (Lipinski definition) is 4. The third-order valence-electron chi connectivity index (χ3n) is 2.79. The van der Waals surface area contributed by atoms with E-state index in [0.717, 1.165) is 28.6 Å². The van der Waals surface area contributed by atoms with Gasteiger partial charge >= 0.3 is 0 Å². The zero-order valence-electron chi connectivity index (χ0n) is 10.8. The second-order valence-corrected chi connectivity index (χ2v) is 3.89. The van der Waals surface area contributed by atoms with E-state index in [-0.39, 0.29) is 0 Å². The third kappa shape index (κ3) is 2.56. The van der Waals surface area contributed by atoms with Crippen molar-refractivity contribution in [2.24, 2.45) is 0 Å². The van der Waals surface area contributed by atoms with Gasteiger partial charge in [0.25, 0.3) is 0 Å². The summed E-state index contributed by atoms with van der Waals surface area (Å²) < 4.78 is 10.5. The van der Waals surface area contributed by atoms with Crippen molar-refractivity contribution < 1.29 is 9.47 Å². The van der Waals surface area contributed by atoms with Crippen molar-refractivity contribution in [2.75, 3.05) is 19.5 Å². The fourth-order valence-corrected chi connectivity index (χ4v) is 1.69. The maximum absolute atomic E-state index is 5.32. The molecule has 96 valence electrons. The van der Waals surface area contributed by atoms with Gasteiger partial charge in [-0.15, -0.1) is 0 Å². The summed E-state index contributed by atoms with van der Waals surface area (Å²) in [7, 11) is 3.27. The zero-order valence-corrected chi connectivity index (χ0v) is 10.8. The lowest BCUT2D eigenvalue weighted by Crippen LogP contribution is -2.03. The lowest BCUT2D eigenvalue weighted by Gasteiger charge is -2.11. The SMILES string of the molecule is COc1ccc(NCc2nc[nH]c2C)c(OC)c1. The number of aromatic amines is 1. The number of methoxy groups -OCH3 is 2. The minimum Gasteiger partial charge on any atom is -0.497 e. The van der Waals surface area contributed by atoms with E-state index < -0.39 is 0 Å². The molecular formula is C13H17N3O2. The van der Waals surface area contributed by atoms with E-state index in [0.29, 0.717) is 6.54 Å². The summed E-state index contributed by atoms with van der Waals surface area (Å²) >= 11 is 0. The first-order valence-corrected chi connectivity index (χ1v) is 5.69. The predicted octanol–water partition coefficient (Wildman–Crippen LogP) is 2.35. The summed E-state index contributed by atoms with van der Waals surface area (Å²) in [6.07, 6.45) is 1.69. The first-order chi connectivity index (χ1) is 8.74. The minimum absolute atomic E-state index is 0.651. The molecule has 0 radical (unpaired) electrons. The number of anilines is 1. The van der Waals surface area contributed by atoms with Crippen molar-refractivity contribution in [3.05, 3.63) is 35.9 Å². The summed E-state index contributed by atoms with van der Waals surface area (Å²) in [4.78, 5) is 7.29. The lowest BCUT2D eigenvalue weighted by atomic mass is 10.2. The number of nitrogens with zero attached hydrogens (tertiary/aromatic N) is 1. The van der Waals surface area contributed by atoms with Gasteiger partial charge in [0.05, 0.1) is 38.5 Å². The maximum Gasteiger partial charge on any atom is 0.145 e. The molecule has 0 aliphatic carbocycles. The van der Waals surface area contributed by atoms with Crippen LogP contribution in [0.1, 0.15) is 11.4 Å². The molecule has 18 heavy (non-hydrogen) atoms. The lowest BCUT2D eigenvalue weighted by molar-refractivity contribution is 0.395. The highest BCUT2D eigenvalue weighted by atomic mass is 16.5. The summed E-state index contributed by atoms with van der Waals surface area (Å²) in [5, 5.41) is 3.30. The highest BCUT2D eigenvalue weighted by Crippen LogP contribution is 2.29. The van der Waals surface area contributed by atoms with Gasteiger partial charge in [0.2, 0.25) is 0 Å². The van der Waals surface area contributed by atoms with E-state index >= 15 is 0 Å². The number of benzene rings is 1. The molecule has 0 unspecified atom stereocenters. The molecule has 0 bridgehead atoms. The topological polar surface area (TPSA) is 59.2 Å². The first kappa shape index (κ1) is 12.3. The van der Waals surface area contributed by atoms with Gasteiger partial charge in [-0.3, -0.25) is 0 Å². The maximum atomic E-state index is 5.32. The van der Waals surface area contributed by atoms with Crippen LogP contribution in [0.25, 0.3) is 0 Å². The summed E-state index contributed by atoms with van der Waals surface area (Å²) in [5.74, 6) is 1.52. The summed E-state index contributed by atoms with van der Waals surface area (Å²) in [6.45, 7) is 2.65. The Hall–Kier alpha value is -2.17. The molecule has 1 heterocycles. The zero-order chi connectivity index (χ0) is 13.0. The van der Waals surface area contributed by atoms with Gasteiger partial charge in [0, 0.05) is 11.8 Å². The van der Waals surface area contributed by atoms with E-state index in [2.05, 4.69) is 15.3 Å². The minimum atomic E-state index is 0.651. The average Bonchev–Trinajstić information content (AvgIpc) is 2.81. The summed E-state index contributed by atoms with van der Waals surface area (Å²) in [6, 6.07) is 5.67. The van der Waals surface area contributed by atoms with Crippen LogP contribution in [0.5, 0.6) is 11.5 Å². The Morgan fingerprint density at radius 2 is 2.11 bits per heavy atom. The standard InChI is InChI=1S/C13H17N3O2/c1-9-12(16-8-15-9)7-14-11-5-4-10(17-2)6-13(11)18-3/h4-6,8,14H,7H2,1-3H3,(H,15,16). The normalized spacial score (nSPS) is 10.2. The second-order valence-electron chi connectivity index (χ2n) is 3.89. The van der Waals surface area contributed by atoms with Crippen LogP contribution >= 0.6 is 0 Å². The van der Waals surface area contributed by atoms with Gasteiger partial charge in [0.1, 0.15) is 11.5 Å². The molecule has 2 aromatic rings. The number of hydrogen-bond donors (Lipinski definition) is 2. The Morgan fingerprint density at radius 3 is 2.72 bits per heavy atom. The third-order valence-corrected chi connectivity index (χ3v) is 2.79. The molecule has 5 heteroatoms. The Morgan fingerprint density at radius 1 is 1.28 bits per heavy atom. The number of H-pyrrole nitrogens is 1. The second kappa shape index (κ2) is 5.44. The van der Waals surface area contributed by atoms with Gasteiger partial charge in [0.15, 0.2) is 0 Å². The molecular weight excluding hydrogens is 230 g/mol. The van der Waals surface area contributed by atoms with Gasteiger partial charge in [-0.25, -0.2) is 4.98 Å². The van der Waals surface area contributed by atoms with E-state index in [1.807, 2.05) is 25.1 Å². The Kier molecular flexibility index (Phi) is 3.72. The van der Waals surface area contributed by atoms with Crippen LogP contribution in [0.4, 0.5) is 5.69 Å². The highest BCUT2D eigenvalue weighted by Gasteiger charge is 2.06. The van der Waals surface area contributed by atoms with Crippen LogP contribution in [0, 0.1) is 6.92 Å². The molecule has 0 atom stereocenters. The van der Waals surface area contributed by atoms with Gasteiger partial charge in [-0.05, 0) is 19.1 Å².